The fourth-order valence-corrected chi connectivity index (χ4v) is 1.11. The zero-order chi connectivity index (χ0) is 9.84. The standard InChI is InChI=1S/C9H12N2O2/c1-11(9(12)13)8-5-3-2-4-7(8)6-10/h2-5H,6,10H2,1H3,(H,12,13). The van der Waals surface area contributed by atoms with Gasteiger partial charge in [0.25, 0.3) is 0 Å². The van der Waals surface area contributed by atoms with E-state index in [2.05, 4.69) is 0 Å². The molecule has 0 aliphatic rings. The maximum atomic E-state index is 10.7. The van der Waals surface area contributed by atoms with Gasteiger partial charge in [-0.05, 0) is 11.6 Å². The Bertz CT molecular complexity index is 312. The molecule has 0 saturated heterocycles. The lowest BCUT2D eigenvalue weighted by Crippen LogP contribution is -2.25. The van der Waals surface area contributed by atoms with Gasteiger partial charge < -0.3 is 10.8 Å². The van der Waals surface area contributed by atoms with E-state index >= 15 is 0 Å². The summed E-state index contributed by atoms with van der Waals surface area (Å²) in [5.74, 6) is 0. The summed E-state index contributed by atoms with van der Waals surface area (Å²) in [5.41, 5.74) is 6.93. The topological polar surface area (TPSA) is 66.6 Å². The molecular formula is C9H12N2O2. The van der Waals surface area contributed by atoms with E-state index < -0.39 is 6.09 Å². The van der Waals surface area contributed by atoms with Crippen LogP contribution in [0.2, 0.25) is 0 Å². The summed E-state index contributed by atoms with van der Waals surface area (Å²) < 4.78 is 0. The molecule has 0 saturated carbocycles. The minimum Gasteiger partial charge on any atom is -0.465 e. The molecule has 0 radical (unpaired) electrons. The van der Waals surface area contributed by atoms with Gasteiger partial charge in [-0.2, -0.15) is 0 Å². The number of benzene rings is 1. The summed E-state index contributed by atoms with van der Waals surface area (Å²) in [7, 11) is 1.50. The number of para-hydroxylation sites is 1. The van der Waals surface area contributed by atoms with Crippen molar-refractivity contribution in [3.05, 3.63) is 29.8 Å². The van der Waals surface area contributed by atoms with Gasteiger partial charge in [0.1, 0.15) is 0 Å². The van der Waals surface area contributed by atoms with Crippen LogP contribution in [-0.4, -0.2) is 18.2 Å². The van der Waals surface area contributed by atoms with E-state index in [0.717, 1.165) is 10.5 Å². The van der Waals surface area contributed by atoms with Crippen LogP contribution >= 0.6 is 0 Å². The highest BCUT2D eigenvalue weighted by atomic mass is 16.4. The lowest BCUT2D eigenvalue weighted by atomic mass is 10.1. The molecule has 0 aromatic heterocycles. The Morgan fingerprint density at radius 1 is 1.54 bits per heavy atom. The molecule has 0 unspecified atom stereocenters. The number of anilines is 1. The Hall–Kier alpha value is -1.55. The zero-order valence-corrected chi connectivity index (χ0v) is 7.40. The number of nitrogens with zero attached hydrogens (tertiary/aromatic N) is 1. The predicted octanol–water partition coefficient (Wildman–Crippen LogP) is 1.26. The first kappa shape index (κ1) is 9.54. The van der Waals surface area contributed by atoms with Crippen molar-refractivity contribution in [2.45, 2.75) is 6.54 Å². The normalized spacial score (nSPS) is 9.69. The van der Waals surface area contributed by atoms with Gasteiger partial charge >= 0.3 is 6.09 Å². The third kappa shape index (κ3) is 1.97. The fourth-order valence-electron chi connectivity index (χ4n) is 1.11. The minimum atomic E-state index is -0.985. The largest absolute Gasteiger partial charge is 0.465 e. The molecule has 0 bridgehead atoms. The number of hydrogen-bond donors (Lipinski definition) is 2. The van der Waals surface area contributed by atoms with Crippen molar-refractivity contribution in [3.63, 3.8) is 0 Å². The molecule has 70 valence electrons. The molecule has 13 heavy (non-hydrogen) atoms. The molecule has 0 fully saturated rings. The second-order valence-corrected chi connectivity index (χ2v) is 2.67. The van der Waals surface area contributed by atoms with Crippen molar-refractivity contribution in [1.82, 2.24) is 0 Å². The van der Waals surface area contributed by atoms with Crippen LogP contribution in [-0.2, 0) is 6.54 Å². The SMILES string of the molecule is CN(C(=O)O)c1ccccc1CN. The van der Waals surface area contributed by atoms with Crippen LogP contribution in [0.3, 0.4) is 0 Å². The van der Waals surface area contributed by atoms with Crippen molar-refractivity contribution in [3.8, 4) is 0 Å². The van der Waals surface area contributed by atoms with Crippen molar-refractivity contribution in [1.29, 1.82) is 0 Å². The van der Waals surface area contributed by atoms with Crippen LogP contribution in [0.4, 0.5) is 10.5 Å². The van der Waals surface area contributed by atoms with E-state index in [9.17, 15) is 4.79 Å². The van der Waals surface area contributed by atoms with Gasteiger partial charge in [-0.1, -0.05) is 18.2 Å². The second kappa shape index (κ2) is 3.91. The smallest absolute Gasteiger partial charge is 0.411 e. The molecule has 3 N–H and O–H groups in total. The van der Waals surface area contributed by atoms with Gasteiger partial charge in [-0.15, -0.1) is 0 Å². The molecule has 0 aliphatic heterocycles. The number of amides is 1. The number of carboxylic acid groups (broad SMARTS) is 1. The van der Waals surface area contributed by atoms with Gasteiger partial charge in [0.05, 0.1) is 5.69 Å². The van der Waals surface area contributed by atoms with E-state index in [1.54, 1.807) is 12.1 Å². The van der Waals surface area contributed by atoms with Gasteiger partial charge in [0, 0.05) is 13.6 Å². The molecule has 0 aliphatic carbocycles. The first-order valence-electron chi connectivity index (χ1n) is 3.91. The Labute approximate surface area is 76.6 Å². The highest BCUT2D eigenvalue weighted by Crippen LogP contribution is 2.18. The Kier molecular flexibility index (Phi) is 2.87. The zero-order valence-electron chi connectivity index (χ0n) is 7.40. The fraction of sp³-hybridized carbons (Fsp3) is 0.222. The van der Waals surface area contributed by atoms with Crippen molar-refractivity contribution in [2.24, 2.45) is 5.73 Å². The number of carbonyl (C=O) groups is 1. The monoisotopic (exact) mass is 180 g/mol. The molecular weight excluding hydrogens is 168 g/mol. The predicted molar refractivity (Wildman–Crippen MR) is 50.8 cm³/mol. The summed E-state index contributed by atoms with van der Waals surface area (Å²) in [6, 6.07) is 7.17. The number of hydrogen-bond acceptors (Lipinski definition) is 2. The van der Waals surface area contributed by atoms with E-state index in [0.29, 0.717) is 12.2 Å². The molecule has 0 spiro atoms. The summed E-state index contributed by atoms with van der Waals surface area (Å²) in [6.45, 7) is 0.341. The molecule has 1 aromatic carbocycles. The molecule has 4 nitrogen and oxygen atoms in total. The number of nitrogens with two attached hydrogens (primary N) is 1. The van der Waals surface area contributed by atoms with E-state index in [1.165, 1.54) is 7.05 Å². The van der Waals surface area contributed by atoms with E-state index in [1.807, 2.05) is 12.1 Å². The summed E-state index contributed by atoms with van der Waals surface area (Å²) in [4.78, 5) is 11.8. The van der Waals surface area contributed by atoms with Crippen LogP contribution < -0.4 is 10.6 Å². The van der Waals surface area contributed by atoms with Gasteiger partial charge in [0.2, 0.25) is 0 Å². The minimum absolute atomic E-state index is 0.341. The van der Waals surface area contributed by atoms with Crippen LogP contribution in [0.25, 0.3) is 0 Å². The Morgan fingerprint density at radius 3 is 2.69 bits per heavy atom. The van der Waals surface area contributed by atoms with Crippen molar-refractivity contribution >= 4 is 11.8 Å². The highest BCUT2D eigenvalue weighted by molar-refractivity contribution is 5.86. The average Bonchev–Trinajstić information content (AvgIpc) is 2.16. The number of rotatable bonds is 2. The van der Waals surface area contributed by atoms with E-state index in [4.69, 9.17) is 10.8 Å². The molecule has 1 aromatic rings. The van der Waals surface area contributed by atoms with Crippen LogP contribution in [0, 0.1) is 0 Å². The molecule has 1 rings (SSSR count). The lowest BCUT2D eigenvalue weighted by molar-refractivity contribution is 0.203. The van der Waals surface area contributed by atoms with Gasteiger partial charge in [0.15, 0.2) is 0 Å². The van der Waals surface area contributed by atoms with Gasteiger partial charge in [-0.3, -0.25) is 4.90 Å². The quantitative estimate of drug-likeness (QED) is 0.720. The maximum absolute atomic E-state index is 10.7. The molecule has 1 amide bonds. The third-order valence-electron chi connectivity index (χ3n) is 1.86. The first-order chi connectivity index (χ1) is 6.16. The van der Waals surface area contributed by atoms with Crippen LogP contribution in [0.5, 0.6) is 0 Å². The van der Waals surface area contributed by atoms with Crippen LogP contribution in [0.15, 0.2) is 24.3 Å². The van der Waals surface area contributed by atoms with Crippen molar-refractivity contribution < 1.29 is 9.90 Å². The summed E-state index contributed by atoms with van der Waals surface area (Å²) >= 11 is 0. The van der Waals surface area contributed by atoms with Gasteiger partial charge in [-0.25, -0.2) is 4.79 Å². The molecule has 0 heterocycles. The van der Waals surface area contributed by atoms with Crippen molar-refractivity contribution in [2.75, 3.05) is 11.9 Å². The summed E-state index contributed by atoms with van der Waals surface area (Å²) in [6.07, 6.45) is -0.985. The third-order valence-corrected chi connectivity index (χ3v) is 1.86. The van der Waals surface area contributed by atoms with Crippen LogP contribution in [0.1, 0.15) is 5.56 Å². The maximum Gasteiger partial charge on any atom is 0.411 e. The molecule has 4 heteroatoms. The lowest BCUT2D eigenvalue weighted by Gasteiger charge is -2.16. The second-order valence-electron chi connectivity index (χ2n) is 2.67. The first-order valence-corrected chi connectivity index (χ1v) is 3.91. The van der Waals surface area contributed by atoms with E-state index in [-0.39, 0.29) is 0 Å². The Morgan fingerprint density at radius 2 is 2.15 bits per heavy atom. The highest BCUT2D eigenvalue weighted by Gasteiger charge is 2.10. The Balaban J connectivity index is 3.05. The molecule has 0 atom stereocenters. The summed E-state index contributed by atoms with van der Waals surface area (Å²) in [5, 5.41) is 8.74. The average molecular weight is 180 g/mol.